The van der Waals surface area contributed by atoms with Gasteiger partial charge in [0.25, 0.3) is 0 Å². The SMILES string of the molecule is CCNC(c1c(F)cc(F)cc1F)c1c(C)ccnc1N. The molecule has 0 bridgehead atoms. The summed E-state index contributed by atoms with van der Waals surface area (Å²) < 4.78 is 41.2. The van der Waals surface area contributed by atoms with Crippen LogP contribution in [0.25, 0.3) is 0 Å². The largest absolute Gasteiger partial charge is 0.383 e. The van der Waals surface area contributed by atoms with E-state index in [1.165, 1.54) is 6.20 Å². The number of hydrogen-bond donors (Lipinski definition) is 2. The first-order valence-corrected chi connectivity index (χ1v) is 6.54. The van der Waals surface area contributed by atoms with Crippen molar-refractivity contribution in [1.82, 2.24) is 10.3 Å². The molecule has 0 aliphatic rings. The average Bonchev–Trinajstić information content (AvgIpc) is 2.37. The topological polar surface area (TPSA) is 50.9 Å². The molecule has 1 aromatic heterocycles. The number of anilines is 1. The van der Waals surface area contributed by atoms with Crippen molar-refractivity contribution in [1.29, 1.82) is 0 Å². The summed E-state index contributed by atoms with van der Waals surface area (Å²) in [4.78, 5) is 3.96. The van der Waals surface area contributed by atoms with Crippen molar-refractivity contribution >= 4 is 5.82 Å². The molecule has 0 spiro atoms. The number of rotatable bonds is 4. The van der Waals surface area contributed by atoms with E-state index in [0.717, 1.165) is 5.56 Å². The fourth-order valence-electron chi connectivity index (χ4n) is 2.35. The first-order valence-electron chi connectivity index (χ1n) is 6.54. The van der Waals surface area contributed by atoms with E-state index in [9.17, 15) is 13.2 Å². The Hall–Kier alpha value is -2.08. The highest BCUT2D eigenvalue weighted by atomic mass is 19.1. The van der Waals surface area contributed by atoms with E-state index >= 15 is 0 Å². The number of nitrogen functional groups attached to an aromatic ring is 1. The molecule has 0 aliphatic heterocycles. The van der Waals surface area contributed by atoms with Crippen molar-refractivity contribution in [3.05, 3.63) is 58.5 Å². The van der Waals surface area contributed by atoms with Crippen LogP contribution in [0.4, 0.5) is 19.0 Å². The van der Waals surface area contributed by atoms with Gasteiger partial charge in [-0.2, -0.15) is 0 Å². The summed E-state index contributed by atoms with van der Waals surface area (Å²) in [5.74, 6) is -2.69. The lowest BCUT2D eigenvalue weighted by atomic mass is 9.94. The molecule has 6 heteroatoms. The lowest BCUT2D eigenvalue weighted by Crippen LogP contribution is -2.26. The molecule has 2 rings (SSSR count). The molecule has 1 unspecified atom stereocenters. The number of nitrogens with one attached hydrogen (secondary N) is 1. The van der Waals surface area contributed by atoms with Crippen LogP contribution in [0.1, 0.15) is 29.7 Å². The van der Waals surface area contributed by atoms with Crippen LogP contribution in [0.2, 0.25) is 0 Å². The van der Waals surface area contributed by atoms with Gasteiger partial charge in [0.15, 0.2) is 0 Å². The Labute approximate surface area is 121 Å². The zero-order valence-corrected chi connectivity index (χ0v) is 11.8. The summed E-state index contributed by atoms with van der Waals surface area (Å²) >= 11 is 0. The van der Waals surface area contributed by atoms with Gasteiger partial charge in [-0.3, -0.25) is 0 Å². The van der Waals surface area contributed by atoms with Gasteiger partial charge in [0.2, 0.25) is 0 Å². The normalized spacial score (nSPS) is 12.4. The van der Waals surface area contributed by atoms with Crippen LogP contribution < -0.4 is 11.1 Å². The van der Waals surface area contributed by atoms with Crippen LogP contribution in [0, 0.1) is 24.4 Å². The number of halogens is 3. The van der Waals surface area contributed by atoms with Crippen molar-refractivity contribution in [3.8, 4) is 0 Å². The molecule has 0 fully saturated rings. The number of aromatic nitrogens is 1. The molecule has 0 aliphatic carbocycles. The van der Waals surface area contributed by atoms with Crippen molar-refractivity contribution in [3.63, 3.8) is 0 Å². The molecule has 21 heavy (non-hydrogen) atoms. The predicted molar refractivity (Wildman–Crippen MR) is 75.2 cm³/mol. The van der Waals surface area contributed by atoms with Gasteiger partial charge in [0.1, 0.15) is 23.3 Å². The molecule has 2 aromatic rings. The number of nitrogens with two attached hydrogens (primary N) is 1. The Morgan fingerprint density at radius 3 is 2.33 bits per heavy atom. The molecule has 0 saturated carbocycles. The Morgan fingerprint density at radius 1 is 1.19 bits per heavy atom. The van der Waals surface area contributed by atoms with Crippen LogP contribution >= 0.6 is 0 Å². The van der Waals surface area contributed by atoms with Crippen molar-refractivity contribution in [2.75, 3.05) is 12.3 Å². The summed E-state index contributed by atoms with van der Waals surface area (Å²) in [7, 11) is 0. The van der Waals surface area contributed by atoms with E-state index in [2.05, 4.69) is 10.3 Å². The maximum Gasteiger partial charge on any atom is 0.134 e. The van der Waals surface area contributed by atoms with Gasteiger partial charge < -0.3 is 11.1 Å². The Kier molecular flexibility index (Phi) is 4.47. The van der Waals surface area contributed by atoms with E-state index in [1.807, 2.05) is 0 Å². The maximum atomic E-state index is 14.1. The van der Waals surface area contributed by atoms with E-state index < -0.39 is 23.5 Å². The van der Waals surface area contributed by atoms with Gasteiger partial charge in [-0.1, -0.05) is 6.92 Å². The molecular weight excluding hydrogens is 279 g/mol. The van der Waals surface area contributed by atoms with Crippen molar-refractivity contribution in [2.45, 2.75) is 19.9 Å². The first kappa shape index (κ1) is 15.3. The molecule has 0 amide bonds. The number of nitrogens with zero attached hydrogens (tertiary/aromatic N) is 1. The fraction of sp³-hybridized carbons (Fsp3) is 0.267. The average molecular weight is 295 g/mol. The monoisotopic (exact) mass is 295 g/mol. The zero-order valence-electron chi connectivity index (χ0n) is 11.8. The summed E-state index contributed by atoms with van der Waals surface area (Å²) in [6, 6.07) is 2.19. The minimum atomic E-state index is -0.958. The van der Waals surface area contributed by atoms with Crippen LogP contribution in [-0.2, 0) is 0 Å². The standard InChI is InChI=1S/C15H16F3N3/c1-3-20-14(12-8(2)4-5-21-15(12)19)13-10(17)6-9(16)7-11(13)18/h4-7,14,20H,3H2,1-2H3,(H2,19,21). The van der Waals surface area contributed by atoms with Gasteiger partial charge in [-0.05, 0) is 25.1 Å². The molecule has 0 saturated heterocycles. The highest BCUT2D eigenvalue weighted by Crippen LogP contribution is 2.32. The lowest BCUT2D eigenvalue weighted by Gasteiger charge is -2.23. The van der Waals surface area contributed by atoms with Crippen LogP contribution in [0.15, 0.2) is 24.4 Å². The number of benzene rings is 1. The summed E-state index contributed by atoms with van der Waals surface area (Å²) in [5.41, 5.74) is 6.82. The highest BCUT2D eigenvalue weighted by molar-refractivity contribution is 5.50. The highest BCUT2D eigenvalue weighted by Gasteiger charge is 2.25. The van der Waals surface area contributed by atoms with Gasteiger partial charge in [0, 0.05) is 29.5 Å². The molecule has 3 nitrogen and oxygen atoms in total. The number of hydrogen-bond acceptors (Lipinski definition) is 3. The molecule has 1 atom stereocenters. The lowest BCUT2D eigenvalue weighted by molar-refractivity contribution is 0.491. The summed E-state index contributed by atoms with van der Waals surface area (Å²) in [6.07, 6.45) is 1.52. The van der Waals surface area contributed by atoms with E-state index in [0.29, 0.717) is 24.2 Å². The molecular formula is C15H16F3N3. The van der Waals surface area contributed by atoms with Crippen molar-refractivity contribution in [2.24, 2.45) is 0 Å². The molecule has 0 radical (unpaired) electrons. The Bertz CT molecular complexity index is 615. The van der Waals surface area contributed by atoms with E-state index in [1.54, 1.807) is 19.9 Å². The van der Waals surface area contributed by atoms with Gasteiger partial charge >= 0.3 is 0 Å². The van der Waals surface area contributed by atoms with Gasteiger partial charge in [-0.15, -0.1) is 0 Å². The summed E-state index contributed by atoms with van der Waals surface area (Å²) in [5, 5.41) is 2.98. The van der Waals surface area contributed by atoms with Gasteiger partial charge in [-0.25, -0.2) is 18.2 Å². The third-order valence-electron chi connectivity index (χ3n) is 3.27. The predicted octanol–water partition coefficient (Wildman–Crippen LogP) is 3.09. The maximum absolute atomic E-state index is 14.1. The number of aryl methyl sites for hydroxylation is 1. The minimum absolute atomic E-state index is 0.184. The summed E-state index contributed by atoms with van der Waals surface area (Å²) in [6.45, 7) is 4.03. The third-order valence-corrected chi connectivity index (χ3v) is 3.27. The Morgan fingerprint density at radius 2 is 1.81 bits per heavy atom. The molecule has 1 heterocycles. The van der Waals surface area contributed by atoms with Gasteiger partial charge in [0.05, 0.1) is 6.04 Å². The van der Waals surface area contributed by atoms with Crippen LogP contribution in [-0.4, -0.2) is 11.5 Å². The minimum Gasteiger partial charge on any atom is -0.383 e. The quantitative estimate of drug-likeness (QED) is 0.911. The second kappa shape index (κ2) is 6.13. The fourth-order valence-corrected chi connectivity index (χ4v) is 2.35. The smallest absolute Gasteiger partial charge is 0.134 e. The Balaban J connectivity index is 2.65. The van der Waals surface area contributed by atoms with Crippen LogP contribution in [0.5, 0.6) is 0 Å². The number of pyridine rings is 1. The molecule has 3 N–H and O–H groups in total. The van der Waals surface area contributed by atoms with E-state index in [-0.39, 0.29) is 11.4 Å². The molecule has 1 aromatic carbocycles. The second-order valence-corrected chi connectivity index (χ2v) is 4.70. The second-order valence-electron chi connectivity index (χ2n) is 4.70. The first-order chi connectivity index (χ1) is 9.95. The zero-order chi connectivity index (χ0) is 15.6. The van der Waals surface area contributed by atoms with Crippen molar-refractivity contribution < 1.29 is 13.2 Å². The molecule has 112 valence electrons. The van der Waals surface area contributed by atoms with E-state index in [4.69, 9.17) is 5.73 Å². The van der Waals surface area contributed by atoms with Crippen LogP contribution in [0.3, 0.4) is 0 Å². The third kappa shape index (κ3) is 3.00.